The number of piperidine rings is 4. The monoisotopic (exact) mass is 284 g/mol. The van der Waals surface area contributed by atoms with Gasteiger partial charge in [0.2, 0.25) is 11.8 Å². The molecule has 2 unspecified atom stereocenters. The van der Waals surface area contributed by atoms with E-state index in [-0.39, 0.29) is 23.1 Å². The van der Waals surface area contributed by atoms with Crippen LogP contribution >= 0.6 is 0 Å². The van der Waals surface area contributed by atoms with E-state index >= 15 is 0 Å². The first-order valence-electron chi connectivity index (χ1n) is 7.80. The number of carbonyl (C=O) groups excluding carboxylic acids is 2. The highest BCUT2D eigenvalue weighted by atomic mass is 16.2. The van der Waals surface area contributed by atoms with Crippen molar-refractivity contribution in [2.75, 3.05) is 19.6 Å². The maximum Gasteiger partial charge on any atom is 0.234 e. The summed E-state index contributed by atoms with van der Waals surface area (Å²) in [6.45, 7) is 3.11. The smallest absolute Gasteiger partial charge is 0.234 e. The molecular formula is C17H20N2O2. The van der Waals surface area contributed by atoms with Gasteiger partial charge in [-0.25, -0.2) is 0 Å². The van der Waals surface area contributed by atoms with Crippen molar-refractivity contribution in [2.24, 2.45) is 11.3 Å². The van der Waals surface area contributed by atoms with E-state index in [1.54, 1.807) is 0 Å². The van der Waals surface area contributed by atoms with Crippen LogP contribution in [0.3, 0.4) is 0 Å². The molecule has 2 atom stereocenters. The second-order valence-electron chi connectivity index (χ2n) is 6.72. The summed E-state index contributed by atoms with van der Waals surface area (Å²) in [6, 6.07) is 9.99. The van der Waals surface area contributed by atoms with Gasteiger partial charge >= 0.3 is 0 Å². The van der Waals surface area contributed by atoms with E-state index in [0.29, 0.717) is 12.3 Å². The Balaban J connectivity index is 1.81. The minimum absolute atomic E-state index is 0.0964. The predicted octanol–water partition coefficient (Wildman–Crippen LogP) is 1.53. The molecule has 1 N–H and O–H groups in total. The average Bonchev–Trinajstić information content (AvgIpc) is 2.48. The van der Waals surface area contributed by atoms with Gasteiger partial charge in [-0.15, -0.1) is 0 Å². The van der Waals surface area contributed by atoms with Crippen LogP contribution in [0, 0.1) is 11.3 Å². The van der Waals surface area contributed by atoms with Gasteiger partial charge in [-0.2, -0.15) is 0 Å². The van der Waals surface area contributed by atoms with Crippen molar-refractivity contribution in [3.63, 3.8) is 0 Å². The number of amides is 2. The predicted molar refractivity (Wildman–Crippen MR) is 78.5 cm³/mol. The molecule has 4 aliphatic heterocycles. The molecule has 4 fully saturated rings. The van der Waals surface area contributed by atoms with E-state index in [1.807, 2.05) is 30.3 Å². The van der Waals surface area contributed by atoms with Crippen LogP contribution in [0.15, 0.2) is 30.3 Å². The number of hydrogen-bond acceptors (Lipinski definition) is 3. The Hall–Kier alpha value is -1.68. The van der Waals surface area contributed by atoms with Crippen molar-refractivity contribution in [2.45, 2.75) is 25.2 Å². The lowest BCUT2D eigenvalue weighted by molar-refractivity contribution is -0.149. The Bertz CT molecular complexity index is 578. The van der Waals surface area contributed by atoms with Gasteiger partial charge in [-0.3, -0.25) is 14.9 Å². The summed E-state index contributed by atoms with van der Waals surface area (Å²) in [5.41, 5.74) is 0.855. The zero-order chi connectivity index (χ0) is 14.4. The first-order valence-corrected chi connectivity index (χ1v) is 7.80. The summed E-state index contributed by atoms with van der Waals surface area (Å²) >= 11 is 0. The molecule has 4 nitrogen and oxygen atoms in total. The summed E-state index contributed by atoms with van der Waals surface area (Å²) < 4.78 is 0. The van der Waals surface area contributed by atoms with Crippen molar-refractivity contribution in [3.05, 3.63) is 35.9 Å². The molecule has 1 aromatic carbocycles. The van der Waals surface area contributed by atoms with E-state index in [2.05, 4.69) is 10.2 Å². The van der Waals surface area contributed by atoms with E-state index in [9.17, 15) is 9.59 Å². The fraction of sp³-hybridized carbons (Fsp3) is 0.529. The fourth-order valence-electron chi connectivity index (χ4n) is 4.78. The average molecular weight is 284 g/mol. The van der Waals surface area contributed by atoms with Crippen LogP contribution in [0.4, 0.5) is 0 Å². The molecular weight excluding hydrogens is 264 g/mol. The second-order valence-corrected chi connectivity index (χ2v) is 6.72. The number of rotatable bonds is 1. The van der Waals surface area contributed by atoms with Crippen LogP contribution < -0.4 is 5.32 Å². The summed E-state index contributed by atoms with van der Waals surface area (Å²) in [5.74, 6) is 0.0966. The Morgan fingerprint density at radius 2 is 1.81 bits per heavy atom. The van der Waals surface area contributed by atoms with Gasteiger partial charge in [0.25, 0.3) is 0 Å². The minimum atomic E-state index is -0.197. The van der Waals surface area contributed by atoms with Crippen molar-refractivity contribution in [1.82, 2.24) is 10.2 Å². The van der Waals surface area contributed by atoms with Crippen LogP contribution in [-0.4, -0.2) is 36.3 Å². The molecule has 4 heteroatoms. The van der Waals surface area contributed by atoms with Crippen molar-refractivity contribution >= 4 is 11.8 Å². The van der Waals surface area contributed by atoms with Crippen molar-refractivity contribution < 1.29 is 9.59 Å². The molecule has 21 heavy (non-hydrogen) atoms. The third kappa shape index (κ3) is 1.93. The number of carbonyl (C=O) groups is 2. The van der Waals surface area contributed by atoms with Crippen LogP contribution in [0.25, 0.3) is 0 Å². The van der Waals surface area contributed by atoms with Gasteiger partial charge in [0.05, 0.1) is 5.92 Å². The lowest BCUT2D eigenvalue weighted by Gasteiger charge is -2.57. The summed E-state index contributed by atoms with van der Waals surface area (Å²) in [6.07, 6.45) is 2.72. The molecule has 1 aromatic rings. The van der Waals surface area contributed by atoms with Gasteiger partial charge in [-0.05, 0) is 37.4 Å². The molecule has 2 amide bonds. The number of fused-ring (bicyclic) bond motifs is 2. The molecule has 0 aliphatic carbocycles. The van der Waals surface area contributed by atoms with Crippen molar-refractivity contribution in [1.29, 1.82) is 0 Å². The van der Waals surface area contributed by atoms with Crippen LogP contribution in [0.2, 0.25) is 0 Å². The van der Waals surface area contributed by atoms with Crippen LogP contribution in [-0.2, 0) is 9.59 Å². The highest BCUT2D eigenvalue weighted by Gasteiger charge is 2.57. The molecule has 0 saturated carbocycles. The van der Waals surface area contributed by atoms with E-state index in [4.69, 9.17) is 0 Å². The van der Waals surface area contributed by atoms with Gasteiger partial charge in [0.15, 0.2) is 0 Å². The third-order valence-electron chi connectivity index (χ3n) is 5.64. The third-order valence-corrected chi connectivity index (χ3v) is 5.64. The SMILES string of the molecule is O=C1CC2(CN3CCC2CC3)C(c2ccccc2)C(=O)N1. The minimum Gasteiger partial charge on any atom is -0.303 e. The molecule has 5 rings (SSSR count). The standard InChI is InChI=1S/C17H20N2O2/c20-14-10-17(11-19-8-6-13(17)7-9-19)15(16(21)18-14)12-4-2-1-3-5-12/h1-5,13,15H,6-11H2,(H,18,20,21). The number of imide groups is 1. The Morgan fingerprint density at radius 3 is 2.43 bits per heavy atom. The topological polar surface area (TPSA) is 49.4 Å². The number of nitrogens with one attached hydrogen (secondary N) is 1. The molecule has 0 radical (unpaired) electrons. The zero-order valence-corrected chi connectivity index (χ0v) is 12.0. The van der Waals surface area contributed by atoms with E-state index < -0.39 is 0 Å². The number of nitrogens with zero attached hydrogens (tertiary/aromatic N) is 1. The molecule has 4 heterocycles. The van der Waals surface area contributed by atoms with E-state index in [0.717, 1.165) is 38.0 Å². The summed E-state index contributed by atoms with van der Waals surface area (Å²) in [5, 5.41) is 2.56. The van der Waals surface area contributed by atoms with Crippen LogP contribution in [0.5, 0.6) is 0 Å². The van der Waals surface area contributed by atoms with Gasteiger partial charge in [0, 0.05) is 18.4 Å². The first-order chi connectivity index (χ1) is 10.2. The van der Waals surface area contributed by atoms with Gasteiger partial charge in [0.1, 0.15) is 0 Å². The maximum absolute atomic E-state index is 12.6. The summed E-state index contributed by atoms with van der Waals surface area (Å²) in [7, 11) is 0. The Labute approximate surface area is 124 Å². The maximum atomic E-state index is 12.6. The van der Waals surface area contributed by atoms with Gasteiger partial charge in [-0.1, -0.05) is 30.3 Å². The highest BCUT2D eigenvalue weighted by Crippen LogP contribution is 2.54. The fourth-order valence-corrected chi connectivity index (χ4v) is 4.78. The molecule has 4 saturated heterocycles. The second kappa shape index (κ2) is 4.67. The first kappa shape index (κ1) is 13.0. The van der Waals surface area contributed by atoms with E-state index in [1.165, 1.54) is 0 Å². The summed E-state index contributed by atoms with van der Waals surface area (Å²) in [4.78, 5) is 27.1. The quantitative estimate of drug-likeness (QED) is 0.796. The molecule has 1 spiro atoms. The molecule has 110 valence electrons. The van der Waals surface area contributed by atoms with Gasteiger partial charge < -0.3 is 4.90 Å². The lowest BCUT2D eigenvalue weighted by atomic mass is 9.55. The normalized spacial score (nSPS) is 38.6. The molecule has 2 bridgehead atoms. The molecule has 0 aromatic heterocycles. The van der Waals surface area contributed by atoms with Crippen LogP contribution in [0.1, 0.15) is 30.7 Å². The zero-order valence-electron chi connectivity index (χ0n) is 12.0. The molecule has 4 aliphatic rings. The Kier molecular flexibility index (Phi) is 2.89. The van der Waals surface area contributed by atoms with Crippen molar-refractivity contribution in [3.8, 4) is 0 Å². The number of benzene rings is 1. The highest BCUT2D eigenvalue weighted by molar-refractivity contribution is 6.02. The lowest BCUT2D eigenvalue weighted by Crippen LogP contribution is -2.63. The Morgan fingerprint density at radius 1 is 1.10 bits per heavy atom. The number of hydrogen-bond donors (Lipinski definition) is 1. The largest absolute Gasteiger partial charge is 0.303 e.